The van der Waals surface area contributed by atoms with Crippen molar-refractivity contribution in [1.82, 2.24) is 10.4 Å². The van der Waals surface area contributed by atoms with E-state index in [0.29, 0.717) is 0 Å². The number of aliphatic imine (C=N–C) groups is 1. The monoisotopic (exact) mass is 270 g/mol. The maximum absolute atomic E-state index is 4.34. The van der Waals surface area contributed by atoms with E-state index in [9.17, 15) is 0 Å². The number of anilines is 1. The molecule has 0 amide bonds. The van der Waals surface area contributed by atoms with Gasteiger partial charge in [0.05, 0.1) is 0 Å². The Morgan fingerprint density at radius 2 is 2.27 bits per heavy atom. The number of hydrogen-bond donors (Lipinski definition) is 1. The van der Waals surface area contributed by atoms with Crippen LogP contribution in [0.3, 0.4) is 0 Å². The number of nitrogens with one attached hydrogen (secondary N) is 1. The van der Waals surface area contributed by atoms with Gasteiger partial charge in [-0.1, -0.05) is 6.07 Å². The van der Waals surface area contributed by atoms with Gasteiger partial charge < -0.3 is 0 Å². The molecule has 1 N–H and O–H groups in total. The lowest BCUT2D eigenvalue weighted by Gasteiger charge is -2.16. The fourth-order valence-electron chi connectivity index (χ4n) is 1.44. The Kier molecular flexibility index (Phi) is 4.08. The lowest BCUT2D eigenvalue weighted by molar-refractivity contribution is 0.835. The highest BCUT2D eigenvalue weighted by molar-refractivity contribution is 8.93. The van der Waals surface area contributed by atoms with Crippen molar-refractivity contribution < 1.29 is 0 Å². The maximum Gasteiger partial charge on any atom is 0.146 e. The molecule has 82 valence electrons. The molecule has 1 aliphatic rings. The first-order chi connectivity index (χ1) is 6.79. The molecular formula is C10H15BrN4. The second-order valence-electron chi connectivity index (χ2n) is 3.38. The Morgan fingerprint density at radius 3 is 2.80 bits per heavy atom. The Balaban J connectivity index is 0.00000112. The number of hydrogen-bond acceptors (Lipinski definition) is 3. The maximum atomic E-state index is 4.34. The molecule has 2 heterocycles. The number of rotatable bonds is 1. The highest BCUT2D eigenvalue weighted by Gasteiger charge is 2.17. The van der Waals surface area contributed by atoms with Gasteiger partial charge in [-0.05, 0) is 18.6 Å². The molecule has 1 aromatic rings. The van der Waals surface area contributed by atoms with Gasteiger partial charge in [-0.25, -0.2) is 4.98 Å². The molecule has 0 atom stereocenters. The van der Waals surface area contributed by atoms with Crippen molar-refractivity contribution in [2.75, 3.05) is 18.6 Å². The molecule has 15 heavy (non-hydrogen) atoms. The fourth-order valence-corrected chi connectivity index (χ4v) is 1.44. The summed E-state index contributed by atoms with van der Waals surface area (Å²) in [5.74, 6) is 1.97. The van der Waals surface area contributed by atoms with E-state index in [1.54, 1.807) is 7.05 Å². The number of aromatic nitrogens is 1. The van der Waals surface area contributed by atoms with Gasteiger partial charge in [-0.2, -0.15) is 0 Å². The second-order valence-corrected chi connectivity index (χ2v) is 3.38. The summed E-state index contributed by atoms with van der Waals surface area (Å²) in [6, 6.07) is 4.08. The van der Waals surface area contributed by atoms with Crippen LogP contribution >= 0.6 is 17.0 Å². The summed E-state index contributed by atoms with van der Waals surface area (Å²) in [7, 11) is 1.80. The molecule has 0 spiro atoms. The Labute approximate surface area is 100 Å². The lowest BCUT2D eigenvalue weighted by Crippen LogP contribution is -2.33. The molecule has 0 aliphatic carbocycles. The van der Waals surface area contributed by atoms with Crippen LogP contribution in [0.25, 0.3) is 0 Å². The summed E-state index contributed by atoms with van der Waals surface area (Å²) in [4.78, 5) is 8.45. The van der Waals surface area contributed by atoms with Crippen molar-refractivity contribution >= 4 is 28.6 Å². The molecule has 4 nitrogen and oxygen atoms in total. The smallest absolute Gasteiger partial charge is 0.146 e. The summed E-state index contributed by atoms with van der Waals surface area (Å²) >= 11 is 0. The van der Waals surface area contributed by atoms with Crippen molar-refractivity contribution in [3.63, 3.8) is 0 Å². The third-order valence-electron chi connectivity index (χ3n) is 2.28. The van der Waals surface area contributed by atoms with Crippen LogP contribution in [-0.2, 0) is 0 Å². The zero-order valence-electron chi connectivity index (χ0n) is 8.90. The zero-order chi connectivity index (χ0) is 9.97. The SMILES string of the molecule is Br.CN=C1CCN(c2ccc(C)cn2)N1. The molecular weight excluding hydrogens is 256 g/mol. The molecule has 1 saturated heterocycles. The highest BCUT2D eigenvalue weighted by Crippen LogP contribution is 2.12. The van der Waals surface area contributed by atoms with Crippen molar-refractivity contribution in [2.24, 2.45) is 4.99 Å². The van der Waals surface area contributed by atoms with Crippen LogP contribution in [0.1, 0.15) is 12.0 Å². The van der Waals surface area contributed by atoms with Gasteiger partial charge in [-0.3, -0.25) is 15.4 Å². The molecule has 1 aromatic heterocycles. The zero-order valence-corrected chi connectivity index (χ0v) is 10.6. The number of aryl methyl sites for hydroxylation is 1. The van der Waals surface area contributed by atoms with Gasteiger partial charge in [0.15, 0.2) is 0 Å². The van der Waals surface area contributed by atoms with E-state index in [1.165, 1.54) is 5.56 Å². The van der Waals surface area contributed by atoms with E-state index < -0.39 is 0 Å². The van der Waals surface area contributed by atoms with E-state index in [2.05, 4.69) is 21.5 Å². The van der Waals surface area contributed by atoms with E-state index in [4.69, 9.17) is 0 Å². The van der Waals surface area contributed by atoms with Gasteiger partial charge in [0.1, 0.15) is 11.7 Å². The molecule has 1 aliphatic heterocycles. The van der Waals surface area contributed by atoms with Crippen LogP contribution in [0.5, 0.6) is 0 Å². The van der Waals surface area contributed by atoms with E-state index in [-0.39, 0.29) is 17.0 Å². The topological polar surface area (TPSA) is 40.5 Å². The minimum absolute atomic E-state index is 0. The number of pyridine rings is 1. The highest BCUT2D eigenvalue weighted by atomic mass is 79.9. The van der Waals surface area contributed by atoms with Crippen molar-refractivity contribution in [3.05, 3.63) is 23.9 Å². The summed E-state index contributed by atoms with van der Waals surface area (Å²) < 4.78 is 0. The molecule has 2 rings (SSSR count). The molecule has 0 bridgehead atoms. The first-order valence-corrected chi connectivity index (χ1v) is 4.72. The molecule has 1 fully saturated rings. The summed E-state index contributed by atoms with van der Waals surface area (Å²) in [5.41, 5.74) is 4.38. The average Bonchev–Trinajstić information content (AvgIpc) is 2.67. The number of hydrazine groups is 1. The summed E-state index contributed by atoms with van der Waals surface area (Å²) in [6.07, 6.45) is 2.84. The van der Waals surface area contributed by atoms with Crippen LogP contribution in [0.15, 0.2) is 23.3 Å². The minimum Gasteiger partial charge on any atom is -0.284 e. The standard InChI is InChI=1S/C10H14N4.BrH/c1-8-3-4-10(12-7-8)14-6-5-9(11-2)13-14;/h3-4,7H,5-6H2,1-2H3,(H,11,13);1H. The second kappa shape index (κ2) is 5.11. The van der Waals surface area contributed by atoms with E-state index in [1.807, 2.05) is 24.2 Å². The van der Waals surface area contributed by atoms with Gasteiger partial charge in [0, 0.05) is 26.2 Å². The average molecular weight is 271 g/mol. The predicted molar refractivity (Wildman–Crippen MR) is 67.8 cm³/mol. The van der Waals surface area contributed by atoms with E-state index in [0.717, 1.165) is 24.6 Å². The van der Waals surface area contributed by atoms with Crippen molar-refractivity contribution in [3.8, 4) is 0 Å². The predicted octanol–water partition coefficient (Wildman–Crippen LogP) is 1.71. The summed E-state index contributed by atoms with van der Waals surface area (Å²) in [5, 5.41) is 2.02. The number of halogens is 1. The molecule has 0 unspecified atom stereocenters. The first-order valence-electron chi connectivity index (χ1n) is 4.72. The molecule has 0 aromatic carbocycles. The third kappa shape index (κ3) is 2.68. The van der Waals surface area contributed by atoms with Crippen LogP contribution < -0.4 is 10.4 Å². The molecule has 0 saturated carbocycles. The Bertz CT molecular complexity index is 347. The largest absolute Gasteiger partial charge is 0.284 e. The van der Waals surface area contributed by atoms with Gasteiger partial charge in [-0.15, -0.1) is 17.0 Å². The van der Waals surface area contributed by atoms with Crippen molar-refractivity contribution in [2.45, 2.75) is 13.3 Å². The first kappa shape index (κ1) is 12.0. The van der Waals surface area contributed by atoms with Crippen LogP contribution in [0.2, 0.25) is 0 Å². The third-order valence-corrected chi connectivity index (χ3v) is 2.28. The lowest BCUT2D eigenvalue weighted by atomic mass is 10.3. The normalized spacial score (nSPS) is 17.5. The van der Waals surface area contributed by atoms with Gasteiger partial charge in [0.25, 0.3) is 0 Å². The fraction of sp³-hybridized carbons (Fsp3) is 0.400. The van der Waals surface area contributed by atoms with Gasteiger partial charge >= 0.3 is 0 Å². The number of nitrogens with zero attached hydrogens (tertiary/aromatic N) is 3. The Morgan fingerprint density at radius 1 is 1.47 bits per heavy atom. The Hall–Kier alpha value is -1.10. The quantitative estimate of drug-likeness (QED) is 0.845. The van der Waals surface area contributed by atoms with Gasteiger partial charge in [0.2, 0.25) is 0 Å². The van der Waals surface area contributed by atoms with Crippen LogP contribution in [0, 0.1) is 6.92 Å². The minimum atomic E-state index is 0. The molecule has 0 radical (unpaired) electrons. The van der Waals surface area contributed by atoms with Crippen molar-refractivity contribution in [1.29, 1.82) is 0 Å². The number of amidine groups is 1. The van der Waals surface area contributed by atoms with Crippen LogP contribution in [-0.4, -0.2) is 24.4 Å². The van der Waals surface area contributed by atoms with Crippen LogP contribution in [0.4, 0.5) is 5.82 Å². The summed E-state index contributed by atoms with van der Waals surface area (Å²) in [6.45, 7) is 2.97. The van der Waals surface area contributed by atoms with E-state index >= 15 is 0 Å². The molecule has 5 heteroatoms.